The molecular formula is C49H90NO10P. The first kappa shape index (κ1) is 58.7. The van der Waals surface area contributed by atoms with Crippen LogP contribution in [0.1, 0.15) is 226 Å². The Hall–Kier alpha value is -2.30. The summed E-state index contributed by atoms with van der Waals surface area (Å²) in [6.45, 7) is 2.51. The number of phosphoric acid groups is 1. The number of allylic oxidation sites excluding steroid dienone is 6. The average molecular weight is 884 g/mol. The Kier molecular flexibility index (Phi) is 42.6. The Morgan fingerprint density at radius 1 is 0.541 bits per heavy atom. The fourth-order valence-corrected chi connectivity index (χ4v) is 7.69. The molecule has 0 radical (unpaired) electrons. The van der Waals surface area contributed by atoms with Crippen molar-refractivity contribution in [3.05, 3.63) is 36.5 Å². The fourth-order valence-electron chi connectivity index (χ4n) is 6.92. The van der Waals surface area contributed by atoms with Crippen LogP contribution in [0.5, 0.6) is 0 Å². The summed E-state index contributed by atoms with van der Waals surface area (Å²) in [6, 6.07) is -1.55. The van der Waals surface area contributed by atoms with Crippen molar-refractivity contribution in [2.45, 2.75) is 238 Å². The standard InChI is InChI=1S/C49H90NO10P/c1-3-5-7-9-11-13-15-17-19-21-22-23-25-27-29-31-33-35-37-39-41-48(53)58-42-45(51)43-59-61(56,57)60-44-46(49(54)55)50-47(52)40-38-36-34-32-30-28-26-24-20-18-16-14-12-10-8-6-4-2/h6,8,12,14,18,20,45-46,51H,3-5,7,9-11,13,15-17,19,21-44H2,1-2H3,(H,50,52)(H,54,55)(H,56,57)/b8-6-,14-12-,20-18-. The normalized spacial score (nSPS) is 13.9. The molecular weight excluding hydrogens is 794 g/mol. The zero-order chi connectivity index (χ0) is 44.9. The van der Waals surface area contributed by atoms with Crippen molar-refractivity contribution in [3.8, 4) is 0 Å². The number of carboxylic acid groups (broad SMARTS) is 1. The number of hydrogen-bond donors (Lipinski definition) is 4. The Balaban J connectivity index is 3.83. The van der Waals surface area contributed by atoms with E-state index in [4.69, 9.17) is 13.8 Å². The molecule has 0 aromatic heterocycles. The quantitative estimate of drug-likeness (QED) is 0.0200. The fraction of sp³-hybridized carbons (Fsp3) is 0.816. The highest BCUT2D eigenvalue weighted by Gasteiger charge is 2.28. The summed E-state index contributed by atoms with van der Waals surface area (Å²) in [6.07, 6.45) is 48.8. The van der Waals surface area contributed by atoms with E-state index in [0.29, 0.717) is 12.8 Å². The summed E-state index contributed by atoms with van der Waals surface area (Å²) in [5, 5.41) is 21.9. The van der Waals surface area contributed by atoms with E-state index < -0.39 is 57.6 Å². The highest BCUT2D eigenvalue weighted by atomic mass is 31.2. The van der Waals surface area contributed by atoms with E-state index in [9.17, 15) is 34.1 Å². The predicted octanol–water partition coefficient (Wildman–Crippen LogP) is 13.2. The van der Waals surface area contributed by atoms with Crippen LogP contribution in [0.4, 0.5) is 0 Å². The van der Waals surface area contributed by atoms with Crippen LogP contribution in [0.15, 0.2) is 36.5 Å². The van der Waals surface area contributed by atoms with Gasteiger partial charge < -0.3 is 25.2 Å². The van der Waals surface area contributed by atoms with Crippen LogP contribution in [0.25, 0.3) is 0 Å². The van der Waals surface area contributed by atoms with Gasteiger partial charge in [-0.15, -0.1) is 0 Å². The zero-order valence-corrected chi connectivity index (χ0v) is 39.6. The van der Waals surface area contributed by atoms with Crippen molar-refractivity contribution in [3.63, 3.8) is 0 Å². The maximum Gasteiger partial charge on any atom is 0.472 e. The first-order valence-electron chi connectivity index (χ1n) is 24.5. The van der Waals surface area contributed by atoms with E-state index in [-0.39, 0.29) is 12.8 Å². The summed E-state index contributed by atoms with van der Waals surface area (Å²) in [5.41, 5.74) is 0. The number of carbonyl (C=O) groups excluding carboxylic acids is 2. The van der Waals surface area contributed by atoms with E-state index in [1.807, 2.05) is 0 Å². The third-order valence-corrected chi connectivity index (χ3v) is 11.6. The van der Waals surface area contributed by atoms with Crippen molar-refractivity contribution < 1.29 is 47.8 Å². The molecule has 0 bridgehead atoms. The van der Waals surface area contributed by atoms with Gasteiger partial charge in [0.1, 0.15) is 12.7 Å². The summed E-state index contributed by atoms with van der Waals surface area (Å²) >= 11 is 0. The number of phosphoric ester groups is 1. The minimum Gasteiger partial charge on any atom is -0.480 e. The molecule has 356 valence electrons. The molecule has 0 aliphatic heterocycles. The van der Waals surface area contributed by atoms with Gasteiger partial charge in [-0.1, -0.05) is 204 Å². The summed E-state index contributed by atoms with van der Waals surface area (Å²) in [4.78, 5) is 46.0. The molecule has 0 aliphatic rings. The Labute approximate surface area is 371 Å². The molecule has 12 heteroatoms. The van der Waals surface area contributed by atoms with Gasteiger partial charge >= 0.3 is 19.8 Å². The lowest BCUT2D eigenvalue weighted by Gasteiger charge is -2.18. The molecule has 3 atom stereocenters. The van der Waals surface area contributed by atoms with Crippen molar-refractivity contribution in [2.75, 3.05) is 19.8 Å². The number of amides is 1. The lowest BCUT2D eigenvalue weighted by atomic mass is 10.0. The SMILES string of the molecule is CC/C=C\C/C=C\C/C=C\CCCCCCCCCC(=O)NC(COP(=O)(O)OCC(O)COC(=O)CCCCCCCCCCCCCCCCCCCCCC)C(=O)O. The van der Waals surface area contributed by atoms with Gasteiger partial charge in [-0.2, -0.15) is 0 Å². The van der Waals surface area contributed by atoms with E-state index in [1.54, 1.807) is 0 Å². The van der Waals surface area contributed by atoms with Gasteiger partial charge in [-0.25, -0.2) is 9.36 Å². The Bertz CT molecular complexity index is 1180. The van der Waals surface area contributed by atoms with Crippen LogP contribution in [0.3, 0.4) is 0 Å². The summed E-state index contributed by atoms with van der Waals surface area (Å²) < 4.78 is 26.9. The molecule has 11 nitrogen and oxygen atoms in total. The molecule has 0 fully saturated rings. The molecule has 4 N–H and O–H groups in total. The van der Waals surface area contributed by atoms with Gasteiger partial charge in [0.25, 0.3) is 0 Å². The molecule has 0 aromatic carbocycles. The number of unbranched alkanes of at least 4 members (excludes halogenated alkanes) is 26. The van der Waals surface area contributed by atoms with Crippen LogP contribution < -0.4 is 5.32 Å². The summed E-state index contributed by atoms with van der Waals surface area (Å²) in [5.74, 6) is -2.38. The minimum absolute atomic E-state index is 0.135. The molecule has 0 rings (SSSR count). The van der Waals surface area contributed by atoms with E-state index in [0.717, 1.165) is 83.5 Å². The molecule has 0 saturated heterocycles. The molecule has 0 heterocycles. The van der Waals surface area contributed by atoms with Crippen molar-refractivity contribution in [1.29, 1.82) is 0 Å². The van der Waals surface area contributed by atoms with Crippen molar-refractivity contribution in [2.24, 2.45) is 0 Å². The highest BCUT2D eigenvalue weighted by molar-refractivity contribution is 7.47. The monoisotopic (exact) mass is 884 g/mol. The molecule has 3 unspecified atom stereocenters. The first-order chi connectivity index (χ1) is 29.6. The number of aliphatic hydroxyl groups excluding tert-OH is 1. The molecule has 61 heavy (non-hydrogen) atoms. The van der Waals surface area contributed by atoms with Crippen molar-refractivity contribution >= 4 is 25.7 Å². The highest BCUT2D eigenvalue weighted by Crippen LogP contribution is 2.43. The largest absolute Gasteiger partial charge is 0.480 e. The Morgan fingerprint density at radius 3 is 1.43 bits per heavy atom. The zero-order valence-electron chi connectivity index (χ0n) is 38.7. The Morgan fingerprint density at radius 2 is 0.951 bits per heavy atom. The average Bonchev–Trinajstić information content (AvgIpc) is 3.24. The third kappa shape index (κ3) is 44.1. The minimum atomic E-state index is -4.76. The summed E-state index contributed by atoms with van der Waals surface area (Å²) in [7, 11) is -4.76. The van der Waals surface area contributed by atoms with Gasteiger partial charge in [-0.05, 0) is 44.9 Å². The van der Waals surface area contributed by atoms with Gasteiger partial charge in [0.15, 0.2) is 6.04 Å². The van der Waals surface area contributed by atoms with Gasteiger partial charge in [0.05, 0.1) is 13.2 Å². The number of aliphatic carboxylic acids is 1. The predicted molar refractivity (Wildman–Crippen MR) is 249 cm³/mol. The molecule has 0 saturated carbocycles. The topological polar surface area (TPSA) is 169 Å². The van der Waals surface area contributed by atoms with E-state index >= 15 is 0 Å². The maximum atomic E-state index is 12.3. The number of hydrogen-bond acceptors (Lipinski definition) is 8. The molecule has 0 aliphatic carbocycles. The van der Waals surface area contributed by atoms with Crippen LogP contribution in [-0.4, -0.2) is 64.9 Å². The van der Waals surface area contributed by atoms with Crippen LogP contribution in [0, 0.1) is 0 Å². The van der Waals surface area contributed by atoms with Crippen molar-refractivity contribution in [1.82, 2.24) is 5.32 Å². The smallest absolute Gasteiger partial charge is 0.472 e. The van der Waals surface area contributed by atoms with Crippen LogP contribution in [-0.2, 0) is 32.7 Å². The number of aliphatic hydroxyl groups is 1. The lowest BCUT2D eigenvalue weighted by molar-refractivity contribution is -0.147. The number of nitrogens with one attached hydrogen (secondary N) is 1. The molecule has 0 aromatic rings. The third-order valence-electron chi connectivity index (χ3n) is 10.7. The second-order valence-electron chi connectivity index (χ2n) is 16.6. The lowest BCUT2D eigenvalue weighted by Crippen LogP contribution is -2.43. The van der Waals surface area contributed by atoms with Gasteiger partial charge in [-0.3, -0.25) is 18.6 Å². The second-order valence-corrected chi connectivity index (χ2v) is 18.1. The number of rotatable bonds is 46. The second kappa shape index (κ2) is 44.3. The van der Waals surface area contributed by atoms with E-state index in [1.165, 1.54) is 103 Å². The van der Waals surface area contributed by atoms with Gasteiger partial charge in [0.2, 0.25) is 5.91 Å². The number of esters is 1. The molecule has 1 amide bonds. The van der Waals surface area contributed by atoms with Gasteiger partial charge in [0, 0.05) is 12.8 Å². The van der Waals surface area contributed by atoms with Crippen LogP contribution in [0.2, 0.25) is 0 Å². The molecule has 0 spiro atoms. The van der Waals surface area contributed by atoms with Crippen LogP contribution >= 0.6 is 7.82 Å². The maximum absolute atomic E-state index is 12.3. The van der Waals surface area contributed by atoms with E-state index in [2.05, 4.69) is 55.6 Å². The number of carbonyl (C=O) groups is 3. The number of carboxylic acids is 1. The number of ether oxygens (including phenoxy) is 1. The first-order valence-corrected chi connectivity index (χ1v) is 26.0.